The molecule has 0 radical (unpaired) electrons. The molecule has 0 amide bonds. The van der Waals surface area contributed by atoms with E-state index in [4.69, 9.17) is 9.15 Å². The highest BCUT2D eigenvalue weighted by Gasteiger charge is 2.14. The molecule has 32 heavy (non-hydrogen) atoms. The third-order valence-corrected chi connectivity index (χ3v) is 7.47. The number of hydrogen-bond donors (Lipinski definition) is 1. The standard InChI is InChI=1S/C25H22Br2N2O3/c1-4-14(2)16-7-10-21-20(11-16)29-25(32-21)15-5-8-17(9-6-15)28-13-18-23(27)19(26)12-22(31-3)24(18)30/h5-14,30H,4H2,1-3H3/t14-/m1/s1. The van der Waals surface area contributed by atoms with Crippen molar-refractivity contribution in [2.24, 2.45) is 4.99 Å². The second kappa shape index (κ2) is 9.46. The number of rotatable bonds is 6. The molecule has 0 saturated carbocycles. The fourth-order valence-corrected chi connectivity index (χ4v) is 4.15. The van der Waals surface area contributed by atoms with Gasteiger partial charge in [-0.1, -0.05) is 19.9 Å². The highest BCUT2D eigenvalue weighted by molar-refractivity contribution is 9.13. The van der Waals surface area contributed by atoms with Crippen LogP contribution in [0.1, 0.15) is 37.3 Å². The molecule has 1 aromatic heterocycles. The van der Waals surface area contributed by atoms with Crippen LogP contribution in [0.3, 0.4) is 0 Å². The van der Waals surface area contributed by atoms with Gasteiger partial charge in [0.15, 0.2) is 17.1 Å². The van der Waals surface area contributed by atoms with E-state index < -0.39 is 0 Å². The van der Waals surface area contributed by atoms with Crippen molar-refractivity contribution in [2.75, 3.05) is 7.11 Å². The maximum absolute atomic E-state index is 10.4. The fourth-order valence-electron chi connectivity index (χ4n) is 3.32. The molecule has 7 heteroatoms. The Morgan fingerprint density at radius 3 is 2.59 bits per heavy atom. The topological polar surface area (TPSA) is 67.9 Å². The number of phenolic OH excluding ortho intramolecular Hbond substituents is 1. The lowest BCUT2D eigenvalue weighted by Crippen LogP contribution is -1.91. The van der Waals surface area contributed by atoms with Crippen molar-refractivity contribution >= 4 is 54.9 Å². The molecule has 4 aromatic rings. The summed E-state index contributed by atoms with van der Waals surface area (Å²) in [5.74, 6) is 1.45. The first-order valence-corrected chi connectivity index (χ1v) is 11.8. The van der Waals surface area contributed by atoms with E-state index in [0.29, 0.717) is 27.6 Å². The molecular weight excluding hydrogens is 536 g/mol. The SMILES string of the molecule is CC[C@@H](C)c1ccc2oc(-c3ccc(N=Cc4c(O)c(OC)cc(Br)c4Br)cc3)nc2c1. The largest absolute Gasteiger partial charge is 0.504 e. The Bertz CT molecular complexity index is 1300. The van der Waals surface area contributed by atoms with Gasteiger partial charge in [-0.2, -0.15) is 0 Å². The molecule has 0 aliphatic carbocycles. The van der Waals surface area contributed by atoms with E-state index in [2.05, 4.69) is 67.8 Å². The lowest BCUT2D eigenvalue weighted by atomic mass is 9.98. The van der Waals surface area contributed by atoms with Gasteiger partial charge in [-0.25, -0.2) is 4.98 Å². The van der Waals surface area contributed by atoms with Gasteiger partial charge in [0, 0.05) is 20.7 Å². The summed E-state index contributed by atoms with van der Waals surface area (Å²) in [6, 6.07) is 15.5. The van der Waals surface area contributed by atoms with Crippen LogP contribution in [0.4, 0.5) is 5.69 Å². The summed E-state index contributed by atoms with van der Waals surface area (Å²) in [6.07, 6.45) is 2.68. The van der Waals surface area contributed by atoms with Crippen LogP contribution >= 0.6 is 31.9 Å². The van der Waals surface area contributed by atoms with Crippen molar-refractivity contribution in [3.8, 4) is 23.0 Å². The Labute approximate surface area is 203 Å². The van der Waals surface area contributed by atoms with Crippen LogP contribution in [0.25, 0.3) is 22.6 Å². The number of oxazole rings is 1. The van der Waals surface area contributed by atoms with E-state index in [0.717, 1.165) is 33.2 Å². The average Bonchev–Trinajstić information content (AvgIpc) is 3.24. The Kier molecular flexibility index (Phi) is 6.67. The van der Waals surface area contributed by atoms with Crippen LogP contribution in [0.2, 0.25) is 0 Å². The summed E-state index contributed by atoms with van der Waals surface area (Å²) < 4.78 is 12.6. The monoisotopic (exact) mass is 556 g/mol. The minimum absolute atomic E-state index is 0.0196. The van der Waals surface area contributed by atoms with Gasteiger partial charge in [-0.15, -0.1) is 0 Å². The minimum atomic E-state index is 0.0196. The average molecular weight is 558 g/mol. The number of nitrogens with zero attached hydrogens (tertiary/aromatic N) is 2. The summed E-state index contributed by atoms with van der Waals surface area (Å²) in [4.78, 5) is 9.16. The van der Waals surface area contributed by atoms with Crippen LogP contribution in [0, 0.1) is 0 Å². The zero-order valence-electron chi connectivity index (χ0n) is 17.9. The van der Waals surface area contributed by atoms with E-state index in [1.165, 1.54) is 12.7 Å². The van der Waals surface area contributed by atoms with Crippen LogP contribution in [0.15, 0.2) is 66.9 Å². The Morgan fingerprint density at radius 2 is 1.91 bits per heavy atom. The summed E-state index contributed by atoms with van der Waals surface area (Å²) in [7, 11) is 1.51. The van der Waals surface area contributed by atoms with Gasteiger partial charge in [0.1, 0.15) is 5.52 Å². The number of ether oxygens (including phenoxy) is 1. The van der Waals surface area contributed by atoms with E-state index in [1.807, 2.05) is 30.3 Å². The molecule has 0 unspecified atom stereocenters. The first kappa shape index (κ1) is 22.6. The molecule has 1 N–H and O–H groups in total. The van der Waals surface area contributed by atoms with Crippen molar-refractivity contribution in [1.82, 2.24) is 4.98 Å². The lowest BCUT2D eigenvalue weighted by molar-refractivity contribution is 0.372. The molecule has 3 aromatic carbocycles. The number of aromatic hydroxyl groups is 1. The summed E-state index contributed by atoms with van der Waals surface area (Å²) in [5.41, 5.74) is 5.04. The second-order valence-corrected chi connectivity index (χ2v) is 9.14. The molecule has 5 nitrogen and oxygen atoms in total. The third kappa shape index (κ3) is 4.45. The molecule has 0 saturated heterocycles. The molecule has 0 aliphatic rings. The molecular formula is C25H22Br2N2O3. The number of fused-ring (bicyclic) bond motifs is 1. The number of aromatic nitrogens is 1. The summed E-state index contributed by atoms with van der Waals surface area (Å²) >= 11 is 6.92. The van der Waals surface area contributed by atoms with E-state index in [1.54, 1.807) is 12.3 Å². The quantitative estimate of drug-likeness (QED) is 0.244. The van der Waals surface area contributed by atoms with Gasteiger partial charge < -0.3 is 14.3 Å². The minimum Gasteiger partial charge on any atom is -0.504 e. The molecule has 1 atom stereocenters. The molecule has 0 aliphatic heterocycles. The van der Waals surface area contributed by atoms with Crippen LogP contribution in [-0.2, 0) is 0 Å². The molecule has 4 rings (SSSR count). The number of halogens is 2. The van der Waals surface area contributed by atoms with Gasteiger partial charge in [-0.05, 0) is 92.2 Å². The maximum Gasteiger partial charge on any atom is 0.227 e. The predicted octanol–water partition coefficient (Wildman–Crippen LogP) is 8.00. The van der Waals surface area contributed by atoms with E-state index >= 15 is 0 Å². The Morgan fingerprint density at radius 1 is 1.16 bits per heavy atom. The van der Waals surface area contributed by atoms with Crippen molar-refractivity contribution in [3.05, 3.63) is 68.6 Å². The normalized spacial score (nSPS) is 12.5. The fraction of sp³-hybridized carbons (Fsp3) is 0.200. The maximum atomic E-state index is 10.4. The number of methoxy groups -OCH3 is 1. The van der Waals surface area contributed by atoms with Gasteiger partial charge >= 0.3 is 0 Å². The smallest absolute Gasteiger partial charge is 0.227 e. The first-order chi connectivity index (χ1) is 15.4. The zero-order valence-corrected chi connectivity index (χ0v) is 21.1. The van der Waals surface area contributed by atoms with Crippen molar-refractivity contribution in [1.29, 1.82) is 0 Å². The number of hydrogen-bond acceptors (Lipinski definition) is 5. The summed E-state index contributed by atoms with van der Waals surface area (Å²) in [5, 5.41) is 10.4. The van der Waals surface area contributed by atoms with Crippen LogP contribution in [-0.4, -0.2) is 23.4 Å². The van der Waals surface area contributed by atoms with Crippen LogP contribution in [0.5, 0.6) is 11.5 Å². The first-order valence-electron chi connectivity index (χ1n) is 10.2. The molecule has 0 fully saturated rings. The highest BCUT2D eigenvalue weighted by Crippen LogP contribution is 2.39. The molecule has 0 spiro atoms. The van der Waals surface area contributed by atoms with E-state index in [-0.39, 0.29) is 5.75 Å². The predicted molar refractivity (Wildman–Crippen MR) is 135 cm³/mol. The zero-order chi connectivity index (χ0) is 22.8. The second-order valence-electron chi connectivity index (χ2n) is 7.50. The van der Waals surface area contributed by atoms with Crippen LogP contribution < -0.4 is 4.74 Å². The van der Waals surface area contributed by atoms with Crippen molar-refractivity contribution in [2.45, 2.75) is 26.2 Å². The molecule has 0 bridgehead atoms. The lowest BCUT2D eigenvalue weighted by Gasteiger charge is -2.09. The number of benzene rings is 3. The van der Waals surface area contributed by atoms with Crippen molar-refractivity contribution < 1.29 is 14.3 Å². The van der Waals surface area contributed by atoms with E-state index in [9.17, 15) is 5.11 Å². The molecule has 164 valence electrons. The van der Waals surface area contributed by atoms with Gasteiger partial charge in [-0.3, -0.25) is 4.99 Å². The van der Waals surface area contributed by atoms with Crippen molar-refractivity contribution in [3.63, 3.8) is 0 Å². The Balaban J connectivity index is 1.60. The van der Waals surface area contributed by atoms with Gasteiger partial charge in [0.2, 0.25) is 5.89 Å². The van der Waals surface area contributed by atoms with Gasteiger partial charge in [0.05, 0.1) is 18.4 Å². The number of phenols is 1. The van der Waals surface area contributed by atoms with Gasteiger partial charge in [0.25, 0.3) is 0 Å². The molecule has 1 heterocycles. The Hall–Kier alpha value is -2.64. The number of aliphatic imine (C=N–C) groups is 1. The third-order valence-electron chi connectivity index (χ3n) is 5.46. The summed E-state index contributed by atoms with van der Waals surface area (Å²) in [6.45, 7) is 4.39. The highest BCUT2D eigenvalue weighted by atomic mass is 79.9.